The predicted octanol–water partition coefficient (Wildman–Crippen LogP) is 2.77. The molecular formula is C21H19FN2O6S. The highest BCUT2D eigenvalue weighted by atomic mass is 32.2. The van der Waals surface area contributed by atoms with E-state index in [4.69, 9.17) is 9.47 Å². The lowest BCUT2D eigenvalue weighted by molar-refractivity contribution is 0.0699. The van der Waals surface area contributed by atoms with Gasteiger partial charge in [0.1, 0.15) is 11.6 Å². The van der Waals surface area contributed by atoms with E-state index < -0.39 is 21.8 Å². The molecule has 2 heterocycles. The maximum Gasteiger partial charge on any atom is 0.336 e. The Morgan fingerprint density at radius 2 is 1.90 bits per heavy atom. The van der Waals surface area contributed by atoms with Gasteiger partial charge in [-0.25, -0.2) is 22.6 Å². The van der Waals surface area contributed by atoms with Gasteiger partial charge in [-0.15, -0.1) is 0 Å². The second-order valence-electron chi connectivity index (χ2n) is 6.90. The minimum absolute atomic E-state index is 0.0257. The van der Waals surface area contributed by atoms with Crippen molar-refractivity contribution < 1.29 is 32.2 Å². The number of halogens is 1. The average Bonchev–Trinajstić information content (AvgIpc) is 2.78. The summed E-state index contributed by atoms with van der Waals surface area (Å²) in [7, 11) is -2.40. The van der Waals surface area contributed by atoms with E-state index in [9.17, 15) is 22.7 Å². The summed E-state index contributed by atoms with van der Waals surface area (Å²) in [5, 5.41) is 9.94. The van der Waals surface area contributed by atoms with Gasteiger partial charge >= 0.3 is 5.97 Å². The number of methoxy groups -OCH3 is 1. The Kier molecular flexibility index (Phi) is 5.61. The third-order valence-corrected chi connectivity index (χ3v) is 6.95. The van der Waals surface area contributed by atoms with Crippen molar-refractivity contribution in [1.82, 2.24) is 9.29 Å². The number of rotatable bonds is 5. The standard InChI is InChI=1S/C21H19FN2O6S/c1-29-20-5-2-13(22)10-17(20)19-12-16(21(25)26)15-11-14(3-4-18(15)23-19)31(27,28)24-6-8-30-9-7-24/h2-5,10-12H,6-9H2,1H3,(H,25,26). The number of pyridine rings is 1. The van der Waals surface area contributed by atoms with E-state index in [1.165, 1.54) is 53.9 Å². The van der Waals surface area contributed by atoms with Crippen LogP contribution in [0.15, 0.2) is 47.4 Å². The second kappa shape index (κ2) is 8.22. The molecule has 1 fully saturated rings. The maximum atomic E-state index is 13.8. The fourth-order valence-corrected chi connectivity index (χ4v) is 4.93. The molecule has 1 N–H and O–H groups in total. The summed E-state index contributed by atoms with van der Waals surface area (Å²) in [5.41, 5.74) is 0.606. The van der Waals surface area contributed by atoms with Crippen molar-refractivity contribution in [2.75, 3.05) is 33.4 Å². The molecule has 0 amide bonds. The molecule has 1 aliphatic rings. The van der Waals surface area contributed by atoms with Gasteiger partial charge in [-0.1, -0.05) is 0 Å². The first-order valence-electron chi connectivity index (χ1n) is 9.41. The van der Waals surface area contributed by atoms with Crippen LogP contribution in [-0.2, 0) is 14.8 Å². The normalized spacial score (nSPS) is 15.2. The van der Waals surface area contributed by atoms with Gasteiger partial charge in [0, 0.05) is 24.0 Å². The van der Waals surface area contributed by atoms with Crippen LogP contribution >= 0.6 is 0 Å². The number of aromatic carboxylic acids is 1. The van der Waals surface area contributed by atoms with Crippen molar-refractivity contribution in [3.63, 3.8) is 0 Å². The number of carboxylic acids is 1. The van der Waals surface area contributed by atoms with Crippen molar-refractivity contribution in [1.29, 1.82) is 0 Å². The number of ether oxygens (including phenoxy) is 2. The lowest BCUT2D eigenvalue weighted by atomic mass is 10.0. The quantitative estimate of drug-likeness (QED) is 0.642. The number of sulfonamides is 1. The molecule has 10 heteroatoms. The molecule has 2 aromatic carbocycles. The van der Waals surface area contributed by atoms with Gasteiger partial charge < -0.3 is 14.6 Å². The van der Waals surface area contributed by atoms with E-state index in [-0.39, 0.29) is 45.7 Å². The number of carbonyl (C=O) groups is 1. The van der Waals surface area contributed by atoms with E-state index in [0.29, 0.717) is 19.0 Å². The van der Waals surface area contributed by atoms with Crippen LogP contribution in [0.5, 0.6) is 5.75 Å². The number of carboxylic acid groups (broad SMARTS) is 1. The molecule has 0 spiro atoms. The Labute approximate surface area is 177 Å². The van der Waals surface area contributed by atoms with Gasteiger partial charge in [-0.3, -0.25) is 0 Å². The largest absolute Gasteiger partial charge is 0.496 e. The predicted molar refractivity (Wildman–Crippen MR) is 110 cm³/mol. The molecule has 3 aromatic rings. The number of hydrogen-bond donors (Lipinski definition) is 1. The topological polar surface area (TPSA) is 106 Å². The number of fused-ring (bicyclic) bond motifs is 1. The third kappa shape index (κ3) is 3.97. The van der Waals surface area contributed by atoms with Crippen molar-refractivity contribution in [3.05, 3.63) is 53.8 Å². The van der Waals surface area contributed by atoms with E-state index in [1.807, 2.05) is 0 Å². The lowest BCUT2D eigenvalue weighted by Gasteiger charge is -2.26. The summed E-state index contributed by atoms with van der Waals surface area (Å²) in [6.07, 6.45) is 0. The molecule has 0 atom stereocenters. The molecule has 1 aromatic heterocycles. The van der Waals surface area contributed by atoms with Gasteiger partial charge in [0.2, 0.25) is 10.0 Å². The van der Waals surface area contributed by atoms with Gasteiger partial charge in [-0.2, -0.15) is 4.31 Å². The number of nitrogens with zero attached hydrogens (tertiary/aromatic N) is 2. The number of morpholine rings is 1. The molecule has 4 rings (SSSR count). The zero-order valence-electron chi connectivity index (χ0n) is 16.5. The minimum atomic E-state index is -3.81. The van der Waals surface area contributed by atoms with E-state index in [2.05, 4.69) is 4.98 Å². The molecule has 1 aliphatic heterocycles. The van der Waals surface area contributed by atoms with Crippen molar-refractivity contribution >= 4 is 26.9 Å². The summed E-state index contributed by atoms with van der Waals surface area (Å²) in [6, 6.07) is 9.29. The molecule has 0 saturated carbocycles. The third-order valence-electron chi connectivity index (χ3n) is 5.06. The molecule has 0 unspecified atom stereocenters. The fraction of sp³-hybridized carbons (Fsp3) is 0.238. The molecule has 0 radical (unpaired) electrons. The summed E-state index contributed by atoms with van der Waals surface area (Å²) in [5.74, 6) is -1.46. The van der Waals surface area contributed by atoms with Gasteiger partial charge in [-0.05, 0) is 42.5 Å². The van der Waals surface area contributed by atoms with E-state index in [1.54, 1.807) is 0 Å². The Morgan fingerprint density at radius 3 is 2.58 bits per heavy atom. The average molecular weight is 446 g/mol. The van der Waals surface area contributed by atoms with Crippen molar-refractivity contribution in [2.45, 2.75) is 4.90 Å². The van der Waals surface area contributed by atoms with Gasteiger partial charge in [0.05, 0.1) is 42.0 Å². The summed E-state index contributed by atoms with van der Waals surface area (Å²) in [6.45, 7) is 1.05. The first-order chi connectivity index (χ1) is 14.8. The molecular weight excluding hydrogens is 427 g/mol. The first-order valence-corrected chi connectivity index (χ1v) is 10.8. The zero-order valence-corrected chi connectivity index (χ0v) is 17.4. The monoisotopic (exact) mass is 446 g/mol. The van der Waals surface area contributed by atoms with Crippen LogP contribution in [0.4, 0.5) is 4.39 Å². The zero-order chi connectivity index (χ0) is 22.2. The van der Waals surface area contributed by atoms with Crippen LogP contribution in [0.2, 0.25) is 0 Å². The highest BCUT2D eigenvalue weighted by Crippen LogP contribution is 2.33. The van der Waals surface area contributed by atoms with Crippen LogP contribution in [0.3, 0.4) is 0 Å². The molecule has 0 bridgehead atoms. The number of benzene rings is 2. The molecule has 0 aliphatic carbocycles. The van der Waals surface area contributed by atoms with Gasteiger partial charge in [0.15, 0.2) is 0 Å². The minimum Gasteiger partial charge on any atom is -0.496 e. The van der Waals surface area contributed by atoms with Crippen LogP contribution in [0.25, 0.3) is 22.2 Å². The highest BCUT2D eigenvalue weighted by Gasteiger charge is 2.27. The van der Waals surface area contributed by atoms with E-state index in [0.717, 1.165) is 0 Å². The first kappa shape index (κ1) is 21.2. The van der Waals surface area contributed by atoms with Crippen LogP contribution in [-0.4, -0.2) is 62.2 Å². The van der Waals surface area contributed by atoms with E-state index >= 15 is 0 Å². The fourth-order valence-electron chi connectivity index (χ4n) is 3.50. The summed E-state index contributed by atoms with van der Waals surface area (Å²) >= 11 is 0. The summed E-state index contributed by atoms with van der Waals surface area (Å²) < 4.78 is 51.5. The molecule has 162 valence electrons. The Morgan fingerprint density at radius 1 is 1.16 bits per heavy atom. The van der Waals surface area contributed by atoms with Gasteiger partial charge in [0.25, 0.3) is 0 Å². The van der Waals surface area contributed by atoms with Crippen molar-refractivity contribution in [2.24, 2.45) is 0 Å². The second-order valence-corrected chi connectivity index (χ2v) is 8.84. The molecule has 31 heavy (non-hydrogen) atoms. The Hall–Kier alpha value is -3.08. The summed E-state index contributed by atoms with van der Waals surface area (Å²) in [4.78, 5) is 16.4. The number of hydrogen-bond acceptors (Lipinski definition) is 6. The van der Waals surface area contributed by atoms with Crippen LogP contribution < -0.4 is 4.74 Å². The SMILES string of the molecule is COc1ccc(F)cc1-c1cc(C(=O)O)c2cc(S(=O)(=O)N3CCOCC3)ccc2n1. The highest BCUT2D eigenvalue weighted by molar-refractivity contribution is 7.89. The molecule has 1 saturated heterocycles. The number of aromatic nitrogens is 1. The van der Waals surface area contributed by atoms with Crippen molar-refractivity contribution in [3.8, 4) is 17.0 Å². The smallest absolute Gasteiger partial charge is 0.336 e. The van der Waals surface area contributed by atoms with Crippen LogP contribution in [0, 0.1) is 5.82 Å². The lowest BCUT2D eigenvalue weighted by Crippen LogP contribution is -2.40. The maximum absolute atomic E-state index is 13.8. The van der Waals surface area contributed by atoms with Crippen LogP contribution in [0.1, 0.15) is 10.4 Å². The Bertz CT molecular complexity index is 1270. The molecule has 8 nitrogen and oxygen atoms in total. The Balaban J connectivity index is 1.88.